The van der Waals surface area contributed by atoms with Crippen molar-refractivity contribution in [3.63, 3.8) is 0 Å². The van der Waals surface area contributed by atoms with Crippen molar-refractivity contribution in [3.05, 3.63) is 80.8 Å². The topological polar surface area (TPSA) is 65.6 Å². The molecule has 2 saturated heterocycles. The Morgan fingerprint density at radius 2 is 1.88 bits per heavy atom. The van der Waals surface area contributed by atoms with Crippen LogP contribution in [0.3, 0.4) is 0 Å². The van der Waals surface area contributed by atoms with Crippen molar-refractivity contribution >= 4 is 16.7 Å². The summed E-state index contributed by atoms with van der Waals surface area (Å²) < 4.78 is 5.47. The van der Waals surface area contributed by atoms with Crippen LogP contribution in [-0.2, 0) is 11.3 Å². The number of rotatable bonds is 4. The van der Waals surface area contributed by atoms with Gasteiger partial charge in [0.25, 0.3) is 11.5 Å². The first-order valence-electron chi connectivity index (χ1n) is 12.3. The van der Waals surface area contributed by atoms with Gasteiger partial charge in [0.2, 0.25) is 0 Å². The van der Waals surface area contributed by atoms with Gasteiger partial charge in [-0.15, -0.1) is 0 Å². The number of likely N-dealkylation sites (tertiary alicyclic amines) is 1. The minimum Gasteiger partial charge on any atom is -0.379 e. The number of hydrogen-bond acceptors (Lipinski definition) is 4. The number of morpholine rings is 1. The highest BCUT2D eigenvalue weighted by molar-refractivity contribution is 5.96. The van der Waals surface area contributed by atoms with E-state index in [9.17, 15) is 9.59 Å². The molecule has 0 aliphatic carbocycles. The monoisotopic (exact) mass is 459 g/mol. The minimum absolute atomic E-state index is 0.0377. The Bertz CT molecular complexity index is 1260. The molecule has 1 aromatic heterocycles. The Hall–Kier alpha value is -2.96. The normalized spacial score (nSPS) is 19.5. The van der Waals surface area contributed by atoms with Gasteiger partial charge in [-0.1, -0.05) is 35.9 Å². The molecular formula is C28H33N3O3. The number of carbonyl (C=O) groups excluding carboxylic acids is 1. The number of aryl methyl sites for hydroxylation is 2. The van der Waals surface area contributed by atoms with Gasteiger partial charge < -0.3 is 14.6 Å². The van der Waals surface area contributed by atoms with Gasteiger partial charge in [-0.05, 0) is 55.3 Å². The number of piperidine rings is 1. The highest BCUT2D eigenvalue weighted by Crippen LogP contribution is 2.29. The van der Waals surface area contributed by atoms with E-state index in [-0.39, 0.29) is 17.4 Å². The van der Waals surface area contributed by atoms with Gasteiger partial charge in [0, 0.05) is 55.3 Å². The van der Waals surface area contributed by atoms with Crippen LogP contribution < -0.4 is 5.56 Å². The van der Waals surface area contributed by atoms with Crippen molar-refractivity contribution in [3.8, 4) is 0 Å². The number of amides is 1. The first-order chi connectivity index (χ1) is 16.5. The smallest absolute Gasteiger partial charge is 0.256 e. The molecule has 178 valence electrons. The molecule has 1 N–H and O–H groups in total. The lowest BCUT2D eigenvalue weighted by molar-refractivity contribution is 0.0339. The average molecular weight is 460 g/mol. The van der Waals surface area contributed by atoms with Crippen molar-refractivity contribution in [1.29, 1.82) is 0 Å². The highest BCUT2D eigenvalue weighted by atomic mass is 16.5. The van der Waals surface area contributed by atoms with Gasteiger partial charge in [-0.25, -0.2) is 0 Å². The van der Waals surface area contributed by atoms with E-state index < -0.39 is 0 Å². The number of nitrogens with zero attached hydrogens (tertiary/aromatic N) is 2. The van der Waals surface area contributed by atoms with Crippen molar-refractivity contribution in [1.82, 2.24) is 14.8 Å². The largest absolute Gasteiger partial charge is 0.379 e. The molecule has 2 aliphatic heterocycles. The van der Waals surface area contributed by atoms with Crippen molar-refractivity contribution in [2.75, 3.05) is 39.4 Å². The molecule has 6 nitrogen and oxygen atoms in total. The molecule has 3 aromatic rings. The molecule has 0 unspecified atom stereocenters. The molecule has 1 atom stereocenters. The summed E-state index contributed by atoms with van der Waals surface area (Å²) >= 11 is 0. The van der Waals surface area contributed by atoms with Crippen molar-refractivity contribution in [2.45, 2.75) is 39.2 Å². The zero-order valence-corrected chi connectivity index (χ0v) is 20.1. The van der Waals surface area contributed by atoms with Crippen LogP contribution in [0.2, 0.25) is 0 Å². The van der Waals surface area contributed by atoms with Gasteiger partial charge in [0.05, 0.1) is 13.2 Å². The van der Waals surface area contributed by atoms with Crippen molar-refractivity contribution < 1.29 is 9.53 Å². The average Bonchev–Trinajstić information content (AvgIpc) is 2.84. The molecule has 1 amide bonds. The van der Waals surface area contributed by atoms with Gasteiger partial charge in [-0.3, -0.25) is 14.5 Å². The highest BCUT2D eigenvalue weighted by Gasteiger charge is 2.28. The van der Waals surface area contributed by atoms with Crippen LogP contribution in [0.5, 0.6) is 0 Å². The van der Waals surface area contributed by atoms with E-state index in [4.69, 9.17) is 4.74 Å². The van der Waals surface area contributed by atoms with Gasteiger partial charge >= 0.3 is 0 Å². The zero-order chi connectivity index (χ0) is 23.7. The molecule has 0 bridgehead atoms. The number of aromatic nitrogens is 1. The standard InChI is InChI=1S/C28H33N3O3/c1-19-14-20(2)26-23(15-19)16-25(29-27(26)32)22-7-5-9-31(18-22)28(33)24-8-4-3-6-21(24)17-30-10-12-34-13-11-30/h3-4,6,8,14-16,22H,5,7,9-13,17-18H2,1-2H3,(H,29,32)/t22-/m0/s1. The number of pyridine rings is 1. The van der Waals surface area contributed by atoms with Crippen molar-refractivity contribution in [2.24, 2.45) is 0 Å². The fourth-order valence-electron chi connectivity index (χ4n) is 5.49. The maximum atomic E-state index is 13.6. The Kier molecular flexibility index (Phi) is 6.53. The van der Waals surface area contributed by atoms with Crippen LogP contribution in [0.1, 0.15) is 51.5 Å². The number of aromatic amines is 1. The minimum atomic E-state index is -0.0377. The second-order valence-electron chi connectivity index (χ2n) is 9.74. The molecule has 2 aliphatic rings. The number of ether oxygens (including phenoxy) is 1. The van der Waals surface area contributed by atoms with Gasteiger partial charge in [-0.2, -0.15) is 0 Å². The van der Waals surface area contributed by atoms with E-state index in [1.54, 1.807) is 0 Å². The molecule has 5 rings (SSSR count). The number of carbonyl (C=O) groups is 1. The van der Waals surface area contributed by atoms with Gasteiger partial charge in [0.15, 0.2) is 0 Å². The zero-order valence-electron chi connectivity index (χ0n) is 20.1. The van der Waals surface area contributed by atoms with E-state index in [0.717, 1.165) is 91.0 Å². The Labute approximate surface area is 200 Å². The van der Waals surface area contributed by atoms with E-state index >= 15 is 0 Å². The Balaban J connectivity index is 1.38. The first-order valence-corrected chi connectivity index (χ1v) is 12.3. The maximum absolute atomic E-state index is 13.6. The quantitative estimate of drug-likeness (QED) is 0.641. The number of H-pyrrole nitrogens is 1. The third-order valence-corrected chi connectivity index (χ3v) is 7.20. The summed E-state index contributed by atoms with van der Waals surface area (Å²) in [6.45, 7) is 9.45. The third kappa shape index (κ3) is 4.65. The Morgan fingerprint density at radius 3 is 2.71 bits per heavy atom. The number of benzene rings is 2. The summed E-state index contributed by atoms with van der Waals surface area (Å²) in [5.74, 6) is 0.213. The fraction of sp³-hybridized carbons (Fsp3) is 0.429. The summed E-state index contributed by atoms with van der Waals surface area (Å²) in [6, 6.07) is 14.2. The summed E-state index contributed by atoms with van der Waals surface area (Å²) in [6.07, 6.45) is 1.89. The van der Waals surface area contributed by atoms with Crippen LogP contribution in [0.15, 0.2) is 47.3 Å². The van der Waals surface area contributed by atoms with E-state index in [2.05, 4.69) is 35.0 Å². The van der Waals surface area contributed by atoms with Crippen LogP contribution >= 0.6 is 0 Å². The lowest BCUT2D eigenvalue weighted by Gasteiger charge is -2.34. The van der Waals surface area contributed by atoms with Crippen LogP contribution in [0.25, 0.3) is 10.8 Å². The summed E-state index contributed by atoms with van der Waals surface area (Å²) in [7, 11) is 0. The molecule has 2 aromatic carbocycles. The predicted molar refractivity (Wildman–Crippen MR) is 134 cm³/mol. The summed E-state index contributed by atoms with van der Waals surface area (Å²) in [5, 5.41) is 1.74. The maximum Gasteiger partial charge on any atom is 0.256 e. The summed E-state index contributed by atoms with van der Waals surface area (Å²) in [5.41, 5.74) is 4.90. The number of hydrogen-bond donors (Lipinski definition) is 1. The first kappa shape index (κ1) is 22.8. The SMILES string of the molecule is Cc1cc(C)c2c(=O)[nH]c([C@H]3CCCN(C(=O)c4ccccc4CN4CCOCC4)C3)cc2c1. The lowest BCUT2D eigenvalue weighted by atomic mass is 9.92. The van der Waals surface area contributed by atoms with Crippen LogP contribution in [-0.4, -0.2) is 60.1 Å². The molecule has 34 heavy (non-hydrogen) atoms. The molecule has 2 fully saturated rings. The second-order valence-corrected chi connectivity index (χ2v) is 9.74. The molecule has 0 spiro atoms. The fourth-order valence-corrected chi connectivity index (χ4v) is 5.49. The molecule has 0 radical (unpaired) electrons. The van der Waals surface area contributed by atoms with E-state index in [1.165, 1.54) is 0 Å². The van der Waals surface area contributed by atoms with Gasteiger partial charge in [0.1, 0.15) is 0 Å². The number of fused-ring (bicyclic) bond motifs is 1. The molecule has 3 heterocycles. The predicted octanol–water partition coefficient (Wildman–Crippen LogP) is 4.00. The van der Waals surface area contributed by atoms with Crippen LogP contribution in [0, 0.1) is 13.8 Å². The Morgan fingerprint density at radius 1 is 1.09 bits per heavy atom. The van der Waals surface area contributed by atoms with Crippen LogP contribution in [0.4, 0.5) is 0 Å². The summed E-state index contributed by atoms with van der Waals surface area (Å²) in [4.78, 5) is 34.0. The van der Waals surface area contributed by atoms with E-state index in [1.807, 2.05) is 36.1 Å². The molecule has 0 saturated carbocycles. The molecule has 6 heteroatoms. The lowest BCUT2D eigenvalue weighted by Crippen LogP contribution is -2.40. The second kappa shape index (κ2) is 9.72. The van der Waals surface area contributed by atoms with E-state index in [0.29, 0.717) is 6.54 Å². The third-order valence-electron chi connectivity index (χ3n) is 7.20. The molecular weight excluding hydrogens is 426 g/mol. The number of nitrogens with one attached hydrogen (secondary N) is 1.